The molecule has 0 rings (SSSR count). The monoisotopic (exact) mass is 194 g/mol. The number of aliphatic carboxylic acids is 1. The summed E-state index contributed by atoms with van der Waals surface area (Å²) in [5.74, 6) is -1.30. The quantitative estimate of drug-likeness (QED) is 0.497. The summed E-state index contributed by atoms with van der Waals surface area (Å²) in [4.78, 5) is 21.0. The Balaban J connectivity index is 3.69. The van der Waals surface area contributed by atoms with Gasteiger partial charge in [-0.1, -0.05) is 0 Å². The Morgan fingerprint density at radius 2 is 2.17 bits per heavy atom. The Hall–Kier alpha value is -0.810. The molecule has 0 aromatic carbocycles. The van der Waals surface area contributed by atoms with E-state index < -0.39 is 17.9 Å². The summed E-state index contributed by atoms with van der Waals surface area (Å²) < 4.78 is 0. The van der Waals surface area contributed by atoms with Crippen LogP contribution in [0, 0.1) is 0 Å². The highest BCUT2D eigenvalue weighted by molar-refractivity contribution is 6.18. The van der Waals surface area contributed by atoms with Crippen molar-refractivity contribution in [2.75, 3.05) is 12.4 Å². The molecule has 0 aromatic heterocycles. The third-order valence-electron chi connectivity index (χ3n) is 1.13. The summed E-state index contributed by atoms with van der Waals surface area (Å²) in [7, 11) is 0. The van der Waals surface area contributed by atoms with Gasteiger partial charge in [0.25, 0.3) is 0 Å². The first-order valence-corrected chi connectivity index (χ1v) is 3.92. The predicted octanol–water partition coefficient (Wildman–Crippen LogP) is -0.857. The lowest BCUT2D eigenvalue weighted by molar-refractivity contribution is -0.139. The van der Waals surface area contributed by atoms with Crippen LogP contribution in [0.25, 0.3) is 0 Å². The van der Waals surface area contributed by atoms with Crippen LogP contribution in [0.1, 0.15) is 6.42 Å². The minimum Gasteiger partial charge on any atom is -0.481 e. The molecule has 0 aromatic rings. The lowest BCUT2D eigenvalue weighted by Crippen LogP contribution is -2.42. The minimum absolute atomic E-state index is 0.283. The van der Waals surface area contributed by atoms with Gasteiger partial charge in [0, 0.05) is 12.4 Å². The normalized spacial score (nSPS) is 12.2. The van der Waals surface area contributed by atoms with E-state index in [-0.39, 0.29) is 12.3 Å². The Bertz CT molecular complexity index is 174. The summed E-state index contributed by atoms with van der Waals surface area (Å²) in [6.07, 6.45) is -0.367. The summed E-state index contributed by atoms with van der Waals surface area (Å²) in [6, 6.07) is -0.995. The molecule has 0 fully saturated rings. The van der Waals surface area contributed by atoms with E-state index >= 15 is 0 Å². The summed E-state index contributed by atoms with van der Waals surface area (Å²) >= 11 is 5.28. The van der Waals surface area contributed by atoms with Gasteiger partial charge in [-0.05, 0) is 0 Å². The molecular weight excluding hydrogens is 184 g/mol. The van der Waals surface area contributed by atoms with Crippen LogP contribution in [0.15, 0.2) is 0 Å². The standard InChI is InChI=1S/C6H11ClN2O3/c7-1-2-9-6(12)4(8)3-5(10)11/h4H,1-3,8H2,(H,9,12)(H,10,11). The Labute approximate surface area is 74.9 Å². The Morgan fingerprint density at radius 3 is 2.58 bits per heavy atom. The van der Waals surface area contributed by atoms with Gasteiger partial charge in [-0.3, -0.25) is 9.59 Å². The first-order valence-electron chi connectivity index (χ1n) is 3.39. The van der Waals surface area contributed by atoms with Crippen molar-refractivity contribution in [3.05, 3.63) is 0 Å². The fourth-order valence-corrected chi connectivity index (χ4v) is 0.677. The minimum atomic E-state index is -1.09. The molecule has 12 heavy (non-hydrogen) atoms. The molecule has 0 heterocycles. The number of amides is 1. The van der Waals surface area contributed by atoms with E-state index in [0.29, 0.717) is 6.54 Å². The zero-order chi connectivity index (χ0) is 9.56. The highest BCUT2D eigenvalue weighted by Crippen LogP contribution is 1.87. The molecule has 70 valence electrons. The lowest BCUT2D eigenvalue weighted by atomic mass is 10.2. The number of nitrogens with one attached hydrogen (secondary N) is 1. The molecule has 0 aliphatic carbocycles. The number of carboxylic acid groups (broad SMARTS) is 1. The smallest absolute Gasteiger partial charge is 0.305 e. The molecule has 0 saturated carbocycles. The van der Waals surface area contributed by atoms with Gasteiger partial charge in [0.2, 0.25) is 5.91 Å². The second-order valence-electron chi connectivity index (χ2n) is 2.18. The van der Waals surface area contributed by atoms with Crippen LogP contribution in [-0.2, 0) is 9.59 Å². The summed E-state index contributed by atoms with van der Waals surface area (Å²) in [6.45, 7) is 0.299. The first-order chi connectivity index (χ1) is 5.57. The van der Waals surface area contributed by atoms with Gasteiger partial charge in [0.1, 0.15) is 0 Å². The average Bonchev–Trinajstić information content (AvgIpc) is 1.98. The predicted molar refractivity (Wildman–Crippen MR) is 44.0 cm³/mol. The van der Waals surface area contributed by atoms with Crippen molar-refractivity contribution in [1.82, 2.24) is 5.32 Å². The van der Waals surface area contributed by atoms with Crippen molar-refractivity contribution in [1.29, 1.82) is 0 Å². The lowest BCUT2D eigenvalue weighted by Gasteiger charge is -2.08. The van der Waals surface area contributed by atoms with Gasteiger partial charge in [-0.25, -0.2) is 0 Å². The maximum absolute atomic E-state index is 10.9. The average molecular weight is 195 g/mol. The molecule has 0 aliphatic rings. The second-order valence-corrected chi connectivity index (χ2v) is 2.56. The van der Waals surface area contributed by atoms with Crippen LogP contribution >= 0.6 is 11.6 Å². The number of carbonyl (C=O) groups is 2. The number of carbonyl (C=O) groups excluding carboxylic acids is 1. The van der Waals surface area contributed by atoms with E-state index in [2.05, 4.69) is 5.32 Å². The number of hydrogen-bond donors (Lipinski definition) is 3. The SMILES string of the molecule is NC(CC(=O)O)C(=O)NCCCl. The van der Waals surface area contributed by atoms with Crippen LogP contribution in [0.5, 0.6) is 0 Å². The van der Waals surface area contributed by atoms with Crippen LogP contribution < -0.4 is 11.1 Å². The zero-order valence-electron chi connectivity index (χ0n) is 6.42. The van der Waals surface area contributed by atoms with Gasteiger partial charge in [0.15, 0.2) is 0 Å². The van der Waals surface area contributed by atoms with Crippen LogP contribution in [0.2, 0.25) is 0 Å². The molecule has 6 heteroatoms. The largest absolute Gasteiger partial charge is 0.481 e. The van der Waals surface area contributed by atoms with Crippen molar-refractivity contribution >= 4 is 23.5 Å². The molecule has 0 spiro atoms. The molecule has 0 radical (unpaired) electrons. The molecule has 4 N–H and O–H groups in total. The van der Waals surface area contributed by atoms with E-state index in [9.17, 15) is 9.59 Å². The van der Waals surface area contributed by atoms with Gasteiger partial charge in [-0.2, -0.15) is 0 Å². The fraction of sp³-hybridized carbons (Fsp3) is 0.667. The molecular formula is C6H11ClN2O3. The van der Waals surface area contributed by atoms with Crippen LogP contribution in [-0.4, -0.2) is 35.4 Å². The van der Waals surface area contributed by atoms with Gasteiger partial charge in [-0.15, -0.1) is 11.6 Å². The number of nitrogens with two attached hydrogens (primary N) is 1. The number of halogens is 1. The highest BCUT2D eigenvalue weighted by Gasteiger charge is 2.15. The topological polar surface area (TPSA) is 92.4 Å². The molecule has 5 nitrogen and oxygen atoms in total. The van der Waals surface area contributed by atoms with Crippen LogP contribution in [0.4, 0.5) is 0 Å². The maximum Gasteiger partial charge on any atom is 0.305 e. The maximum atomic E-state index is 10.9. The van der Waals surface area contributed by atoms with Gasteiger partial charge in [0.05, 0.1) is 12.5 Å². The highest BCUT2D eigenvalue weighted by atomic mass is 35.5. The van der Waals surface area contributed by atoms with Crippen molar-refractivity contribution in [3.63, 3.8) is 0 Å². The molecule has 0 saturated heterocycles. The molecule has 1 amide bonds. The van der Waals surface area contributed by atoms with Crippen molar-refractivity contribution in [3.8, 4) is 0 Å². The van der Waals surface area contributed by atoms with E-state index in [0.717, 1.165) is 0 Å². The molecule has 1 unspecified atom stereocenters. The van der Waals surface area contributed by atoms with Crippen LogP contribution in [0.3, 0.4) is 0 Å². The van der Waals surface area contributed by atoms with Gasteiger partial charge < -0.3 is 16.2 Å². The number of carboxylic acids is 1. The van der Waals surface area contributed by atoms with Gasteiger partial charge >= 0.3 is 5.97 Å². The van der Waals surface area contributed by atoms with E-state index in [4.69, 9.17) is 22.4 Å². The summed E-state index contributed by atoms with van der Waals surface area (Å²) in [5, 5.41) is 10.7. The van der Waals surface area contributed by atoms with E-state index in [1.165, 1.54) is 0 Å². The fourth-order valence-electron chi connectivity index (χ4n) is 0.582. The Kier molecular flexibility index (Phi) is 5.40. The number of alkyl halides is 1. The Morgan fingerprint density at radius 1 is 1.58 bits per heavy atom. The first kappa shape index (κ1) is 11.2. The van der Waals surface area contributed by atoms with E-state index in [1.54, 1.807) is 0 Å². The third kappa shape index (κ3) is 4.92. The van der Waals surface area contributed by atoms with E-state index in [1.807, 2.05) is 0 Å². The number of hydrogen-bond acceptors (Lipinski definition) is 3. The van der Waals surface area contributed by atoms with Crippen molar-refractivity contribution in [2.45, 2.75) is 12.5 Å². The molecule has 0 aliphatic heterocycles. The van der Waals surface area contributed by atoms with Crippen molar-refractivity contribution < 1.29 is 14.7 Å². The molecule has 0 bridgehead atoms. The number of rotatable bonds is 5. The second kappa shape index (κ2) is 5.79. The summed E-state index contributed by atoms with van der Waals surface area (Å²) in [5.41, 5.74) is 5.22. The van der Waals surface area contributed by atoms with Crippen molar-refractivity contribution in [2.24, 2.45) is 5.73 Å². The third-order valence-corrected chi connectivity index (χ3v) is 1.31. The zero-order valence-corrected chi connectivity index (χ0v) is 7.17. The molecule has 1 atom stereocenters.